The van der Waals surface area contributed by atoms with Crippen LogP contribution in [0.1, 0.15) is 39.5 Å². The highest BCUT2D eigenvalue weighted by atomic mass is 32.2. The van der Waals surface area contributed by atoms with Gasteiger partial charge in [-0.25, -0.2) is 4.39 Å². The Balaban J connectivity index is 1.87. The van der Waals surface area contributed by atoms with Crippen LogP contribution in [0.15, 0.2) is 29.2 Å². The van der Waals surface area contributed by atoms with Gasteiger partial charge in [0.25, 0.3) is 0 Å². The van der Waals surface area contributed by atoms with Gasteiger partial charge in [-0.05, 0) is 55.2 Å². The molecule has 0 heterocycles. The van der Waals surface area contributed by atoms with Crippen LogP contribution in [0.5, 0.6) is 0 Å². The molecule has 1 fully saturated rings. The van der Waals surface area contributed by atoms with Gasteiger partial charge in [0, 0.05) is 16.5 Å². The molecule has 4 heteroatoms. The molecule has 1 aromatic rings. The van der Waals surface area contributed by atoms with Crippen LogP contribution in [0.25, 0.3) is 0 Å². The average molecular weight is 311 g/mol. The normalized spacial score (nSPS) is 25.7. The summed E-state index contributed by atoms with van der Waals surface area (Å²) in [6.07, 6.45) is 4.52. The molecule has 0 spiro atoms. The van der Waals surface area contributed by atoms with Crippen LogP contribution < -0.4 is 5.32 Å². The van der Waals surface area contributed by atoms with Gasteiger partial charge < -0.3 is 10.4 Å². The number of aliphatic hydroxyl groups is 1. The first-order valence-corrected chi connectivity index (χ1v) is 8.81. The van der Waals surface area contributed by atoms with Crippen molar-refractivity contribution in [3.05, 3.63) is 30.1 Å². The Morgan fingerprint density at radius 2 is 2.10 bits per heavy atom. The fraction of sp³-hybridized carbons (Fsp3) is 0.647. The summed E-state index contributed by atoms with van der Waals surface area (Å²) in [5, 5.41) is 13.5. The zero-order valence-electron chi connectivity index (χ0n) is 12.9. The van der Waals surface area contributed by atoms with Gasteiger partial charge >= 0.3 is 0 Å². The molecule has 21 heavy (non-hydrogen) atoms. The van der Waals surface area contributed by atoms with Gasteiger partial charge in [0.2, 0.25) is 0 Å². The third-order valence-electron chi connectivity index (χ3n) is 4.36. The largest absolute Gasteiger partial charge is 0.394 e. The quantitative estimate of drug-likeness (QED) is 0.751. The number of benzene rings is 1. The standard InChI is InChI=1S/C17H26FNOS/c1-13(2)19-17(12-20)10-3-4-14(17)9-11-21-16-7-5-15(18)6-8-16/h5-8,13-14,19-20H,3-4,9-12H2,1-2H3. The third kappa shape index (κ3) is 4.44. The van der Waals surface area contributed by atoms with Crippen molar-refractivity contribution < 1.29 is 9.50 Å². The summed E-state index contributed by atoms with van der Waals surface area (Å²) in [5.41, 5.74) is -0.0997. The minimum absolute atomic E-state index is 0.0997. The predicted molar refractivity (Wildman–Crippen MR) is 87.2 cm³/mol. The summed E-state index contributed by atoms with van der Waals surface area (Å²) in [4.78, 5) is 1.11. The Kier molecular flexibility index (Phi) is 6.08. The highest BCUT2D eigenvalue weighted by Gasteiger charge is 2.41. The van der Waals surface area contributed by atoms with Gasteiger partial charge in [0.15, 0.2) is 0 Å². The number of halogens is 1. The topological polar surface area (TPSA) is 32.3 Å². The van der Waals surface area contributed by atoms with Gasteiger partial charge in [0.1, 0.15) is 5.82 Å². The minimum atomic E-state index is -0.185. The van der Waals surface area contributed by atoms with Gasteiger partial charge in [-0.1, -0.05) is 20.3 Å². The molecule has 0 radical (unpaired) electrons. The number of hydrogen-bond donors (Lipinski definition) is 2. The Morgan fingerprint density at radius 3 is 2.71 bits per heavy atom. The lowest BCUT2D eigenvalue weighted by atomic mass is 9.85. The number of rotatable bonds is 7. The predicted octanol–water partition coefficient (Wildman–Crippen LogP) is 3.84. The molecule has 2 atom stereocenters. The molecule has 2 N–H and O–H groups in total. The maximum Gasteiger partial charge on any atom is 0.123 e. The van der Waals surface area contributed by atoms with Crippen molar-refractivity contribution in [2.45, 2.75) is 56.0 Å². The fourth-order valence-electron chi connectivity index (χ4n) is 3.43. The van der Waals surface area contributed by atoms with Crippen LogP contribution in [0.2, 0.25) is 0 Å². The van der Waals surface area contributed by atoms with Crippen LogP contribution in [0.3, 0.4) is 0 Å². The maximum atomic E-state index is 12.9. The number of hydrogen-bond acceptors (Lipinski definition) is 3. The minimum Gasteiger partial charge on any atom is -0.394 e. The molecule has 118 valence electrons. The third-order valence-corrected chi connectivity index (χ3v) is 5.41. The van der Waals surface area contributed by atoms with E-state index in [2.05, 4.69) is 19.2 Å². The number of aliphatic hydroxyl groups excluding tert-OH is 1. The van der Waals surface area contributed by atoms with Gasteiger partial charge in [-0.2, -0.15) is 0 Å². The number of nitrogens with one attached hydrogen (secondary N) is 1. The maximum absolute atomic E-state index is 12.9. The van der Waals surface area contributed by atoms with Crippen molar-refractivity contribution >= 4 is 11.8 Å². The highest BCUT2D eigenvalue weighted by molar-refractivity contribution is 7.99. The molecule has 0 bridgehead atoms. The highest BCUT2D eigenvalue weighted by Crippen LogP contribution is 2.39. The number of thioether (sulfide) groups is 1. The molecule has 0 aromatic heterocycles. The summed E-state index contributed by atoms with van der Waals surface area (Å²) < 4.78 is 12.9. The summed E-state index contributed by atoms with van der Waals surface area (Å²) in [5.74, 6) is 1.35. The van der Waals surface area contributed by atoms with E-state index in [9.17, 15) is 9.50 Å². The van der Waals surface area contributed by atoms with E-state index in [0.717, 1.165) is 23.5 Å². The monoisotopic (exact) mass is 311 g/mol. The van der Waals surface area contributed by atoms with Crippen molar-refractivity contribution in [2.75, 3.05) is 12.4 Å². The first-order valence-electron chi connectivity index (χ1n) is 7.83. The van der Waals surface area contributed by atoms with Crippen molar-refractivity contribution in [2.24, 2.45) is 5.92 Å². The Labute approximate surface area is 131 Å². The van der Waals surface area contributed by atoms with Crippen molar-refractivity contribution in [1.29, 1.82) is 0 Å². The lowest BCUT2D eigenvalue weighted by Crippen LogP contribution is -2.54. The Morgan fingerprint density at radius 1 is 1.38 bits per heavy atom. The van der Waals surface area contributed by atoms with Crippen molar-refractivity contribution in [1.82, 2.24) is 5.32 Å². The van der Waals surface area contributed by atoms with E-state index in [-0.39, 0.29) is 18.0 Å². The van der Waals surface area contributed by atoms with E-state index in [0.29, 0.717) is 12.0 Å². The lowest BCUT2D eigenvalue weighted by Gasteiger charge is -2.37. The molecular weight excluding hydrogens is 285 g/mol. The van der Waals surface area contributed by atoms with Crippen molar-refractivity contribution in [3.8, 4) is 0 Å². The van der Waals surface area contributed by atoms with Crippen LogP contribution in [0.4, 0.5) is 4.39 Å². The smallest absolute Gasteiger partial charge is 0.123 e. The van der Waals surface area contributed by atoms with E-state index in [1.165, 1.54) is 25.0 Å². The molecule has 2 rings (SSSR count). The van der Waals surface area contributed by atoms with Crippen LogP contribution in [0, 0.1) is 11.7 Å². The van der Waals surface area contributed by atoms with Gasteiger partial charge in [-0.3, -0.25) is 0 Å². The van der Waals surface area contributed by atoms with Crippen LogP contribution >= 0.6 is 11.8 Å². The average Bonchev–Trinajstić information content (AvgIpc) is 2.84. The van der Waals surface area contributed by atoms with Crippen molar-refractivity contribution in [3.63, 3.8) is 0 Å². The molecule has 1 aliphatic carbocycles. The molecule has 2 nitrogen and oxygen atoms in total. The second-order valence-corrected chi connectivity index (χ2v) is 7.46. The lowest BCUT2D eigenvalue weighted by molar-refractivity contribution is 0.113. The van der Waals surface area contributed by atoms with E-state index in [1.54, 1.807) is 11.8 Å². The second-order valence-electron chi connectivity index (χ2n) is 6.29. The summed E-state index contributed by atoms with van der Waals surface area (Å²) in [6, 6.07) is 7.08. The first-order chi connectivity index (χ1) is 10.1. The molecule has 2 unspecified atom stereocenters. The molecular formula is C17H26FNOS. The van der Waals surface area contributed by atoms with Gasteiger partial charge in [0.05, 0.1) is 6.61 Å². The molecule has 1 saturated carbocycles. The Bertz CT molecular complexity index is 437. The SMILES string of the molecule is CC(C)NC1(CO)CCCC1CCSc1ccc(F)cc1. The first kappa shape index (κ1) is 16.8. The Hall–Kier alpha value is -0.580. The summed E-state index contributed by atoms with van der Waals surface area (Å²) in [6.45, 7) is 4.50. The zero-order chi connectivity index (χ0) is 15.3. The van der Waals surface area contributed by atoms with E-state index < -0.39 is 0 Å². The fourth-order valence-corrected chi connectivity index (χ4v) is 4.40. The molecule has 0 amide bonds. The molecule has 1 aromatic carbocycles. The summed E-state index contributed by atoms with van der Waals surface area (Å²) >= 11 is 1.77. The zero-order valence-corrected chi connectivity index (χ0v) is 13.8. The van der Waals surface area contributed by atoms with Crippen LogP contribution in [-0.2, 0) is 0 Å². The second kappa shape index (κ2) is 7.61. The van der Waals surface area contributed by atoms with E-state index in [1.807, 2.05) is 12.1 Å². The van der Waals surface area contributed by atoms with Crippen LogP contribution in [-0.4, -0.2) is 29.0 Å². The van der Waals surface area contributed by atoms with E-state index >= 15 is 0 Å². The molecule has 0 aliphatic heterocycles. The van der Waals surface area contributed by atoms with E-state index in [4.69, 9.17) is 0 Å². The van der Waals surface area contributed by atoms with Gasteiger partial charge in [-0.15, -0.1) is 11.8 Å². The molecule has 0 saturated heterocycles. The summed E-state index contributed by atoms with van der Waals surface area (Å²) in [7, 11) is 0. The molecule has 1 aliphatic rings.